The molecule has 2 N–H and O–H groups in total. The smallest absolute Gasteiger partial charge is 0.251 e. The van der Waals surface area contributed by atoms with Crippen molar-refractivity contribution in [3.63, 3.8) is 0 Å². The lowest BCUT2D eigenvalue weighted by molar-refractivity contribution is -0.126. The van der Waals surface area contributed by atoms with Crippen LogP contribution in [0.15, 0.2) is 65.7 Å². The Hall–Kier alpha value is -3.13. The van der Waals surface area contributed by atoms with E-state index >= 15 is 0 Å². The summed E-state index contributed by atoms with van der Waals surface area (Å²) in [7, 11) is 0. The number of aromatic nitrogens is 2. The average Bonchev–Trinajstić information content (AvgIpc) is 3.11. The van der Waals surface area contributed by atoms with E-state index in [1.807, 2.05) is 18.2 Å². The van der Waals surface area contributed by atoms with E-state index < -0.39 is 10.7 Å². The first-order valence-corrected chi connectivity index (χ1v) is 9.45. The Bertz CT molecular complexity index is 1070. The molecule has 1 atom stereocenters. The molecule has 2 aromatic carbocycles. The molecule has 142 valence electrons. The van der Waals surface area contributed by atoms with Gasteiger partial charge in [-0.15, -0.1) is 0 Å². The Kier molecular flexibility index (Phi) is 4.64. The molecule has 28 heavy (non-hydrogen) atoms. The average molecular weight is 396 g/mol. The van der Waals surface area contributed by atoms with Crippen molar-refractivity contribution < 1.29 is 14.0 Å². The van der Waals surface area contributed by atoms with E-state index in [1.54, 1.807) is 43.5 Å². The Balaban J connectivity index is 1.49. The van der Waals surface area contributed by atoms with E-state index in [2.05, 4.69) is 15.7 Å². The second-order valence-electron chi connectivity index (χ2n) is 6.53. The number of carbonyl (C=O) groups excluding carboxylic acids is 2. The van der Waals surface area contributed by atoms with Gasteiger partial charge in [0.05, 0.1) is 12.2 Å². The molecular weight excluding hydrogens is 379 g/mol. The highest BCUT2D eigenvalue weighted by molar-refractivity contribution is 8.02. The van der Waals surface area contributed by atoms with Crippen molar-refractivity contribution >= 4 is 35.1 Å². The number of hydrogen-bond donors (Lipinski definition) is 2. The minimum Gasteiger partial charge on any atom is -0.323 e. The maximum atomic E-state index is 13.8. The lowest BCUT2D eigenvalue weighted by atomic mass is 10.1. The number of amides is 2. The van der Waals surface area contributed by atoms with Crippen LogP contribution in [0.3, 0.4) is 0 Å². The molecular formula is C20H17FN4O2S. The molecule has 2 amide bonds. The van der Waals surface area contributed by atoms with Gasteiger partial charge < -0.3 is 10.6 Å². The van der Waals surface area contributed by atoms with Gasteiger partial charge in [-0.25, -0.2) is 4.39 Å². The van der Waals surface area contributed by atoms with Crippen molar-refractivity contribution in [2.24, 2.45) is 0 Å². The second kappa shape index (κ2) is 7.12. The van der Waals surface area contributed by atoms with Crippen LogP contribution in [-0.4, -0.2) is 26.3 Å². The van der Waals surface area contributed by atoms with E-state index in [0.717, 1.165) is 4.90 Å². The summed E-state index contributed by atoms with van der Waals surface area (Å²) in [5.74, 6) is -0.875. The maximum absolute atomic E-state index is 13.8. The molecule has 0 spiro atoms. The van der Waals surface area contributed by atoms with Crippen molar-refractivity contribution in [1.29, 1.82) is 0 Å². The van der Waals surface area contributed by atoms with Crippen LogP contribution in [0.5, 0.6) is 0 Å². The first-order chi connectivity index (χ1) is 13.5. The zero-order valence-electron chi connectivity index (χ0n) is 15.0. The number of halogens is 1. The third-order valence-corrected chi connectivity index (χ3v) is 5.84. The number of nitrogens with one attached hydrogen (secondary N) is 2. The number of hydrogen-bond acceptors (Lipinski definition) is 4. The summed E-state index contributed by atoms with van der Waals surface area (Å²) in [6, 6.07) is 15.4. The number of nitrogens with zero attached hydrogens (tertiary/aromatic N) is 2. The van der Waals surface area contributed by atoms with Crippen molar-refractivity contribution in [2.75, 3.05) is 10.6 Å². The summed E-state index contributed by atoms with van der Waals surface area (Å²) in [6.07, 6.45) is 1.65. The van der Waals surface area contributed by atoms with Gasteiger partial charge in [-0.2, -0.15) is 5.10 Å². The van der Waals surface area contributed by atoms with Gasteiger partial charge in [-0.1, -0.05) is 42.1 Å². The summed E-state index contributed by atoms with van der Waals surface area (Å²) in [6.45, 7) is 1.82. The second-order valence-corrected chi connectivity index (χ2v) is 7.99. The van der Waals surface area contributed by atoms with Gasteiger partial charge >= 0.3 is 0 Å². The Labute approximate surface area is 165 Å². The molecule has 0 radical (unpaired) electrons. The van der Waals surface area contributed by atoms with Crippen LogP contribution in [-0.2, 0) is 16.1 Å². The monoisotopic (exact) mass is 396 g/mol. The summed E-state index contributed by atoms with van der Waals surface area (Å²) in [4.78, 5) is 26.2. The number of anilines is 2. The molecule has 3 aromatic rings. The van der Waals surface area contributed by atoms with Crippen molar-refractivity contribution in [3.05, 3.63) is 72.2 Å². The fourth-order valence-corrected chi connectivity index (χ4v) is 3.97. The highest BCUT2D eigenvalue weighted by Gasteiger charge is 2.46. The predicted octanol–water partition coefficient (Wildman–Crippen LogP) is 3.51. The Morgan fingerprint density at radius 3 is 2.79 bits per heavy atom. The lowest BCUT2D eigenvalue weighted by Gasteiger charge is -2.31. The SMILES string of the molecule is CC1(C(=O)Nc2ccn(Cc3ccccc3F)n2)Sc2ccccc2NC1=O. The highest BCUT2D eigenvalue weighted by atomic mass is 32.2. The zero-order chi connectivity index (χ0) is 19.7. The molecule has 0 bridgehead atoms. The van der Waals surface area contributed by atoms with Crippen LogP contribution < -0.4 is 10.6 Å². The molecule has 0 aliphatic carbocycles. The minimum atomic E-state index is -1.33. The zero-order valence-corrected chi connectivity index (χ0v) is 15.8. The molecule has 4 rings (SSSR count). The summed E-state index contributed by atoms with van der Waals surface area (Å²) < 4.78 is 14.0. The molecule has 1 unspecified atom stereocenters. The molecule has 0 saturated heterocycles. The Morgan fingerprint density at radius 2 is 1.96 bits per heavy atom. The van der Waals surface area contributed by atoms with Gasteiger partial charge in [0.2, 0.25) is 5.91 Å². The van der Waals surface area contributed by atoms with Crippen molar-refractivity contribution in [3.8, 4) is 0 Å². The number of rotatable bonds is 4. The highest BCUT2D eigenvalue weighted by Crippen LogP contribution is 2.42. The molecule has 2 heterocycles. The number of benzene rings is 2. The van der Waals surface area contributed by atoms with Crippen molar-refractivity contribution in [1.82, 2.24) is 9.78 Å². The molecule has 8 heteroatoms. The molecule has 6 nitrogen and oxygen atoms in total. The summed E-state index contributed by atoms with van der Waals surface area (Å²) in [5, 5.41) is 9.72. The van der Waals surface area contributed by atoms with E-state index in [1.165, 1.54) is 22.5 Å². The molecule has 1 aromatic heterocycles. The fourth-order valence-electron chi connectivity index (χ4n) is 2.87. The van der Waals surface area contributed by atoms with E-state index in [0.29, 0.717) is 17.1 Å². The lowest BCUT2D eigenvalue weighted by Crippen LogP contribution is -2.49. The third kappa shape index (κ3) is 3.38. The number of fused-ring (bicyclic) bond motifs is 1. The van der Waals surface area contributed by atoms with E-state index in [9.17, 15) is 14.0 Å². The maximum Gasteiger partial charge on any atom is 0.251 e. The fraction of sp³-hybridized carbons (Fsp3) is 0.150. The van der Waals surface area contributed by atoms with E-state index in [-0.39, 0.29) is 18.3 Å². The summed E-state index contributed by atoms with van der Waals surface area (Å²) in [5.41, 5.74) is 1.19. The van der Waals surface area contributed by atoms with Crippen LogP contribution in [0.25, 0.3) is 0 Å². The Morgan fingerprint density at radius 1 is 1.21 bits per heavy atom. The topological polar surface area (TPSA) is 76.0 Å². The molecule has 1 aliphatic rings. The van der Waals surface area contributed by atoms with E-state index in [4.69, 9.17) is 0 Å². The van der Waals surface area contributed by atoms with Gasteiger partial charge in [0.15, 0.2) is 10.6 Å². The number of para-hydroxylation sites is 1. The largest absolute Gasteiger partial charge is 0.323 e. The normalized spacial score (nSPS) is 18.3. The molecule has 0 saturated carbocycles. The van der Waals surface area contributed by atoms with Crippen LogP contribution in [0, 0.1) is 5.82 Å². The first kappa shape index (κ1) is 18.2. The van der Waals surface area contributed by atoms with Gasteiger partial charge in [0.25, 0.3) is 5.91 Å². The standard InChI is InChI=1S/C20H17FN4O2S/c1-20(18(26)22-15-8-4-5-9-16(15)28-20)19(27)23-17-10-11-25(24-17)12-13-6-2-3-7-14(13)21/h2-11H,12H2,1H3,(H,22,26)(H,23,24,27). The number of carbonyl (C=O) groups is 2. The molecule has 0 fully saturated rings. The number of thioether (sulfide) groups is 1. The van der Waals surface area contributed by atoms with Crippen LogP contribution in [0.4, 0.5) is 15.9 Å². The van der Waals surface area contributed by atoms with Crippen molar-refractivity contribution in [2.45, 2.75) is 23.1 Å². The van der Waals surface area contributed by atoms with Gasteiger partial charge in [0, 0.05) is 22.7 Å². The van der Waals surface area contributed by atoms with Gasteiger partial charge in [-0.05, 0) is 25.1 Å². The van der Waals surface area contributed by atoms with Crippen LogP contribution >= 0.6 is 11.8 Å². The third-order valence-electron chi connectivity index (χ3n) is 4.49. The van der Waals surface area contributed by atoms with Gasteiger partial charge in [0.1, 0.15) is 5.82 Å². The van der Waals surface area contributed by atoms with Crippen LogP contribution in [0.1, 0.15) is 12.5 Å². The van der Waals surface area contributed by atoms with Gasteiger partial charge in [-0.3, -0.25) is 14.3 Å². The summed E-state index contributed by atoms with van der Waals surface area (Å²) >= 11 is 1.20. The van der Waals surface area contributed by atoms with Crippen LogP contribution in [0.2, 0.25) is 0 Å². The quantitative estimate of drug-likeness (QED) is 0.662. The first-order valence-electron chi connectivity index (χ1n) is 8.63. The minimum absolute atomic E-state index is 0.239. The molecule has 1 aliphatic heterocycles. The predicted molar refractivity (Wildman–Crippen MR) is 106 cm³/mol.